The van der Waals surface area contributed by atoms with E-state index in [0.29, 0.717) is 30.5 Å². The number of pyridine rings is 4. The quantitative estimate of drug-likeness (QED) is 0.00568. The van der Waals surface area contributed by atoms with E-state index in [1.165, 1.54) is 147 Å². The zero-order valence-corrected chi connectivity index (χ0v) is 79.1. The Balaban J connectivity index is 0.000000201. The van der Waals surface area contributed by atoms with Crippen molar-refractivity contribution in [1.82, 2.24) is 19.9 Å². The molecule has 9 unspecified atom stereocenters. The Morgan fingerprint density at radius 2 is 0.836 bits per heavy atom. The number of methoxy groups -OCH3 is 1. The second kappa shape index (κ2) is 45.2. The predicted molar refractivity (Wildman–Crippen MR) is 457 cm³/mol. The van der Waals surface area contributed by atoms with E-state index in [1.807, 2.05) is 0 Å². The van der Waals surface area contributed by atoms with Crippen molar-refractivity contribution in [3.63, 3.8) is 0 Å². The van der Waals surface area contributed by atoms with E-state index in [2.05, 4.69) is 31.6 Å². The molecule has 4 fully saturated rings. The molecular weight excluding hydrogens is 1950 g/mol. The highest BCUT2D eigenvalue weighted by Crippen LogP contribution is 2.83. The van der Waals surface area contributed by atoms with Crippen molar-refractivity contribution in [3.8, 4) is 23.0 Å². The Morgan fingerprint density at radius 3 is 1.23 bits per heavy atom. The molecule has 0 radical (unpaired) electrons. The SMILES string of the molecule is CC(C)OC(=O)Oc1ccccc1C1OP(=O)(O)C(O)(Cc2cccnc2)P(=O)(O)O1.CCCC(=O)Oc1ccc(C2OP(=O)(O)C(O)(Cc3cccnc3)P(=O)(O)O2)cc1C(=O)OC.CCCCCCC(C)OC(=O)Oc1cc(F)c(C2OP(=O)(O)C(O)(Cc3cccnc3)P(=O)(O)O2)c(F)c1.CCOC(=O)Oc1cc(C)ccc1C1OP(=O)(O)C(O)(Cc2cccnc2)P(=O)(O)O1. The molecule has 0 amide bonds. The van der Waals surface area contributed by atoms with E-state index in [0.717, 1.165) is 38.9 Å². The minimum atomic E-state index is -5.47. The fourth-order valence-electron chi connectivity index (χ4n) is 12.5. The molecule has 0 bridgehead atoms. The Kier molecular flexibility index (Phi) is 36.7. The van der Waals surface area contributed by atoms with Crippen LogP contribution in [0.3, 0.4) is 0 Å². The summed E-state index contributed by atoms with van der Waals surface area (Å²) >= 11 is 0. The van der Waals surface area contributed by atoms with Crippen molar-refractivity contribution in [2.45, 2.75) is 177 Å². The molecule has 4 aliphatic heterocycles. The highest BCUT2D eigenvalue weighted by atomic mass is 31.3. The van der Waals surface area contributed by atoms with Crippen LogP contribution in [0.2, 0.25) is 0 Å². The Hall–Kier alpha value is -8.87. The molecule has 0 aliphatic carbocycles. The van der Waals surface area contributed by atoms with Crippen LogP contribution in [0.15, 0.2) is 171 Å². The van der Waals surface area contributed by atoms with Gasteiger partial charge in [0.1, 0.15) is 46.3 Å². The smallest absolute Gasteiger partial charge is 0.465 e. The van der Waals surface area contributed by atoms with E-state index < -0.39 is 198 Å². The second-order valence-electron chi connectivity index (χ2n) is 29.9. The number of aliphatic hydroxyl groups is 4. The third-order valence-electron chi connectivity index (χ3n) is 19.4. The molecule has 0 spiro atoms. The molecule has 8 heterocycles. The van der Waals surface area contributed by atoms with Crippen LogP contribution >= 0.6 is 60.8 Å². The number of carbonyl (C=O) groups is 5. The predicted octanol–water partition coefficient (Wildman–Crippen LogP) is 15.0. The fraction of sp³-hybridized carbons (Fsp3) is 0.380. The summed E-state index contributed by atoms with van der Waals surface area (Å²) in [6.07, 6.45) is 0.0337. The lowest BCUT2D eigenvalue weighted by atomic mass is 10.1. The molecule has 12 N–H and O–H groups in total. The van der Waals surface area contributed by atoms with E-state index >= 15 is 0 Å². The van der Waals surface area contributed by atoms with Crippen molar-refractivity contribution in [3.05, 3.63) is 238 Å². The van der Waals surface area contributed by atoms with Gasteiger partial charge in [-0.2, -0.15) is 0 Å². The maximum absolute atomic E-state index is 14.8. The number of ether oxygens (including phenoxy) is 8. The molecule has 134 heavy (non-hydrogen) atoms. The van der Waals surface area contributed by atoms with Gasteiger partial charge in [-0.25, -0.2) is 28.0 Å². The monoisotopic (exact) mass is 2040 g/mol. The van der Waals surface area contributed by atoms with Crippen LogP contribution < -0.4 is 18.9 Å². The van der Waals surface area contributed by atoms with Gasteiger partial charge >= 0.3 is 91.2 Å². The molecule has 8 aromatic rings. The Labute approximate surface area is 762 Å². The number of para-hydroxylation sites is 1. The van der Waals surface area contributed by atoms with Gasteiger partial charge in [-0.3, -0.25) is 97.4 Å². The lowest BCUT2D eigenvalue weighted by Crippen LogP contribution is -2.38. The first-order chi connectivity index (χ1) is 62.7. The minimum absolute atomic E-state index is 0.0372. The topological polar surface area (TPSA) is 664 Å². The molecular formula is C79H94F2N4O41P8. The minimum Gasteiger partial charge on any atom is -0.465 e. The molecule has 55 heteroatoms. The number of carbonyl (C=O) groups excluding carboxylic acids is 5. The number of hydrogen-bond donors (Lipinski definition) is 12. The summed E-state index contributed by atoms with van der Waals surface area (Å²) in [5.74, 6) is -5.59. The van der Waals surface area contributed by atoms with Crippen molar-refractivity contribution in [1.29, 1.82) is 0 Å². The van der Waals surface area contributed by atoms with Gasteiger partial charge in [0.2, 0.25) is 25.2 Å². The number of benzene rings is 4. The van der Waals surface area contributed by atoms with Gasteiger partial charge in [0.15, 0.2) is 0 Å². The summed E-state index contributed by atoms with van der Waals surface area (Å²) < 4.78 is 212. The van der Waals surface area contributed by atoms with Crippen molar-refractivity contribution in [2.24, 2.45) is 0 Å². The van der Waals surface area contributed by atoms with Crippen LogP contribution in [0.1, 0.15) is 172 Å². The van der Waals surface area contributed by atoms with E-state index in [-0.39, 0.29) is 74.8 Å². The summed E-state index contributed by atoms with van der Waals surface area (Å²) in [5.41, 5.74) is -0.457. The van der Waals surface area contributed by atoms with E-state index in [9.17, 15) is 129 Å². The Bertz CT molecular complexity index is 5800. The van der Waals surface area contributed by atoms with Crippen LogP contribution in [0, 0.1) is 18.6 Å². The molecule has 0 saturated carbocycles. The van der Waals surface area contributed by atoms with Gasteiger partial charge in [-0.05, 0) is 136 Å². The van der Waals surface area contributed by atoms with Crippen molar-refractivity contribution in [2.75, 3.05) is 13.7 Å². The summed E-state index contributed by atoms with van der Waals surface area (Å²) in [5, 5.41) is 30.2. The number of nitrogens with zero attached hydrogens (tertiary/aromatic N) is 4. The molecule has 4 saturated heterocycles. The van der Waals surface area contributed by atoms with Crippen LogP contribution in [0.25, 0.3) is 0 Å². The third kappa shape index (κ3) is 25.9. The van der Waals surface area contributed by atoms with Gasteiger partial charge in [0.25, 0.3) is 20.3 Å². The molecule has 45 nitrogen and oxygen atoms in total. The largest absolute Gasteiger partial charge is 0.514 e. The van der Waals surface area contributed by atoms with Gasteiger partial charge < -0.3 is 97.5 Å². The molecule has 12 rings (SSSR count). The number of aryl methyl sites for hydroxylation is 1. The standard InChI is InChI=1S/C23H29F2NO10P2.C20H23NO11P2.2C18H21NO10P2/c1-3-4-5-6-8-15(2)33-22(27)34-17-11-18(24)20(19(25)12-17)21-35-37(29,30)23(28,38(31,32)36-21)13-16-9-7-10-26-14-16;1-3-5-17(22)30-16-8-7-14(10-15(16)18(23)29-2)19-31-33(25,26)20(24,34(27,28)32-19)11-13-6-4-9-21-12-13;1-12(2)26-17(20)27-15-8-4-3-7-14(15)16-28-30(22,23)18(21,31(24,25)29-16)10-13-6-5-9-19-11-13;1-3-26-17(20)27-15-9-12(2)6-7-14(15)16-28-30(22,23)18(21,31(24,25)29-16)10-13-5-4-8-19-11-13/h7,9-12,14-15,21,28H,3-6,8,13H2,1-2H3,(H,29,30)(H,31,32);4,6-10,12,19,24H,3,5,11H2,1-2H3,(H,25,26)(H,27,28);3-9,11-12,16,21H,10H2,1-2H3,(H,22,23)(H,24,25);4-9,11,16,21H,3,10H2,1-2H3,(H,22,23)(H,24,25). The average Bonchev–Trinajstić information content (AvgIpc) is 0.739. The van der Waals surface area contributed by atoms with Gasteiger partial charge in [-0.1, -0.05) is 87.7 Å². The van der Waals surface area contributed by atoms with Crippen LogP contribution in [0.5, 0.6) is 23.0 Å². The van der Waals surface area contributed by atoms with Crippen molar-refractivity contribution < 1.29 is 203 Å². The fourth-order valence-corrected chi connectivity index (χ4v) is 26.8. The molecule has 9 atom stereocenters. The first-order valence-corrected chi connectivity index (χ1v) is 52.6. The van der Waals surface area contributed by atoms with Gasteiger partial charge in [0, 0.05) is 99.4 Å². The number of halogens is 2. The van der Waals surface area contributed by atoms with Gasteiger partial charge in [-0.15, -0.1) is 0 Å². The zero-order chi connectivity index (χ0) is 99.0. The third-order valence-corrected chi connectivity index (χ3v) is 37.8. The van der Waals surface area contributed by atoms with Crippen LogP contribution in [0.4, 0.5) is 23.2 Å². The van der Waals surface area contributed by atoms with Crippen LogP contribution in [-0.4, -0.2) is 156 Å². The normalized spacial score (nSPS) is 29.4. The van der Waals surface area contributed by atoms with E-state index in [1.54, 1.807) is 47.6 Å². The van der Waals surface area contributed by atoms with Gasteiger partial charge in [0.05, 0.1) is 36.5 Å². The van der Waals surface area contributed by atoms with Crippen molar-refractivity contribution >= 4 is 91.2 Å². The lowest BCUT2D eigenvalue weighted by molar-refractivity contribution is -0.134. The summed E-state index contributed by atoms with van der Waals surface area (Å²) in [6, 6.07) is 25.9. The number of hydrogen-bond acceptors (Lipinski definition) is 37. The highest BCUT2D eigenvalue weighted by Gasteiger charge is 2.71. The number of unbranched alkanes of at least 4 members (excludes halogenated alkanes) is 3. The zero-order valence-electron chi connectivity index (χ0n) is 71.9. The maximum Gasteiger partial charge on any atom is 0.514 e. The highest BCUT2D eigenvalue weighted by molar-refractivity contribution is 7.75. The Morgan fingerprint density at radius 1 is 0.433 bits per heavy atom. The van der Waals surface area contributed by atoms with E-state index in [4.69, 9.17) is 69.3 Å². The average molecular weight is 2040 g/mol. The second-order valence-corrected chi connectivity index (χ2v) is 47.2. The first-order valence-electron chi connectivity index (χ1n) is 40.0. The summed E-state index contributed by atoms with van der Waals surface area (Å²) in [7, 11) is -41.0. The summed E-state index contributed by atoms with van der Waals surface area (Å²) in [6.45, 7) is 12.0. The molecule has 4 aliphatic rings. The molecule has 4 aromatic heterocycles. The molecule has 730 valence electrons. The number of esters is 2. The summed E-state index contributed by atoms with van der Waals surface area (Å²) in [4.78, 5) is 158. The molecule has 4 aromatic carbocycles. The van der Waals surface area contributed by atoms with Crippen LogP contribution in [-0.2, 0) is 122 Å². The number of rotatable bonds is 27. The first kappa shape index (κ1) is 109. The number of aromatic nitrogens is 4. The maximum atomic E-state index is 14.8. The lowest BCUT2D eigenvalue weighted by Gasteiger charge is -2.41.